The van der Waals surface area contributed by atoms with Crippen molar-refractivity contribution in [2.45, 2.75) is 13.0 Å². The maximum Gasteiger partial charge on any atom is 0.282 e. The van der Waals surface area contributed by atoms with Gasteiger partial charge in [-0.25, -0.2) is 0 Å². The van der Waals surface area contributed by atoms with Crippen LogP contribution in [0, 0.1) is 10.1 Å². The Morgan fingerprint density at radius 3 is 2.78 bits per heavy atom. The first-order chi connectivity index (χ1) is 11.1. The Hall–Kier alpha value is -2.73. The molecule has 0 aliphatic carbocycles. The highest BCUT2D eigenvalue weighted by Gasteiger charge is 2.21. The molecule has 6 nitrogen and oxygen atoms in total. The van der Waals surface area contributed by atoms with E-state index in [1.165, 1.54) is 17.7 Å². The molecule has 0 radical (unpaired) electrons. The summed E-state index contributed by atoms with van der Waals surface area (Å²) in [4.78, 5) is 25.2. The summed E-state index contributed by atoms with van der Waals surface area (Å²) in [5, 5.41) is 13.9. The van der Waals surface area contributed by atoms with Gasteiger partial charge in [-0.3, -0.25) is 14.9 Å². The van der Waals surface area contributed by atoms with Crippen molar-refractivity contribution in [1.29, 1.82) is 0 Å². The lowest BCUT2D eigenvalue weighted by Crippen LogP contribution is -2.27. The summed E-state index contributed by atoms with van der Waals surface area (Å²) in [6, 6.07) is 11.8. The van der Waals surface area contributed by atoms with E-state index >= 15 is 0 Å². The summed E-state index contributed by atoms with van der Waals surface area (Å²) < 4.78 is 0. The van der Waals surface area contributed by atoms with Crippen LogP contribution in [-0.4, -0.2) is 29.3 Å². The molecule has 0 fully saturated rings. The van der Waals surface area contributed by atoms with Crippen LogP contribution >= 0.6 is 0 Å². The number of hydrogen-bond acceptors (Lipinski definition) is 4. The summed E-state index contributed by atoms with van der Waals surface area (Å²) in [7, 11) is 2.06. The molecule has 1 heterocycles. The van der Waals surface area contributed by atoms with E-state index in [-0.39, 0.29) is 11.3 Å². The van der Waals surface area contributed by atoms with Gasteiger partial charge in [0.15, 0.2) is 0 Å². The smallest absolute Gasteiger partial charge is 0.282 e. The van der Waals surface area contributed by atoms with Crippen LogP contribution in [-0.2, 0) is 13.0 Å². The quantitative estimate of drug-likeness (QED) is 0.698. The minimum atomic E-state index is -0.537. The average molecular weight is 311 g/mol. The molecule has 3 rings (SSSR count). The predicted octanol–water partition coefficient (Wildman–Crippen LogP) is 2.84. The summed E-state index contributed by atoms with van der Waals surface area (Å²) in [5.74, 6) is -0.454. The second-order valence-corrected chi connectivity index (χ2v) is 5.66. The molecule has 0 spiro atoms. The van der Waals surface area contributed by atoms with E-state index in [0.29, 0.717) is 0 Å². The Morgan fingerprint density at radius 2 is 2.00 bits per heavy atom. The van der Waals surface area contributed by atoms with Gasteiger partial charge >= 0.3 is 0 Å². The fourth-order valence-electron chi connectivity index (χ4n) is 2.88. The Bertz CT molecular complexity index is 773. The molecule has 0 saturated carbocycles. The van der Waals surface area contributed by atoms with Gasteiger partial charge in [0.05, 0.1) is 4.92 Å². The van der Waals surface area contributed by atoms with Crippen LogP contribution in [0.3, 0.4) is 0 Å². The number of carbonyl (C=O) groups excluding carboxylic acids is 1. The van der Waals surface area contributed by atoms with Crippen molar-refractivity contribution in [3.8, 4) is 0 Å². The Labute approximate surface area is 133 Å². The minimum absolute atomic E-state index is 0.0723. The largest absolute Gasteiger partial charge is 0.322 e. The molecule has 6 heteroatoms. The number of likely N-dealkylation sites (N-methyl/N-ethyl adjacent to an activating group) is 1. The topological polar surface area (TPSA) is 75.5 Å². The third kappa shape index (κ3) is 3.07. The van der Waals surface area contributed by atoms with Gasteiger partial charge in [0.25, 0.3) is 11.6 Å². The monoisotopic (exact) mass is 311 g/mol. The number of fused-ring (bicyclic) bond motifs is 1. The maximum absolute atomic E-state index is 12.5. The van der Waals surface area contributed by atoms with Gasteiger partial charge in [-0.1, -0.05) is 24.3 Å². The molecule has 118 valence electrons. The fraction of sp³-hybridized carbons (Fsp3) is 0.235. The SMILES string of the molecule is CN1CCc2c(cccc2NC(=O)c2ccccc2[N+](=O)[O-])C1. The molecule has 1 aliphatic heterocycles. The molecule has 2 aromatic carbocycles. The number of nitrogens with zero attached hydrogens (tertiary/aromatic N) is 2. The van der Waals surface area contributed by atoms with E-state index in [4.69, 9.17) is 0 Å². The highest BCUT2D eigenvalue weighted by Crippen LogP contribution is 2.27. The standard InChI is InChI=1S/C17H17N3O3/c1-19-10-9-13-12(11-19)5-4-7-15(13)18-17(21)14-6-2-3-8-16(14)20(22)23/h2-8H,9-11H2,1H3,(H,18,21). The Balaban J connectivity index is 1.90. The van der Waals surface area contributed by atoms with Gasteiger partial charge in [-0.15, -0.1) is 0 Å². The zero-order chi connectivity index (χ0) is 16.4. The molecule has 0 aromatic heterocycles. The molecule has 1 N–H and O–H groups in total. The van der Waals surface area contributed by atoms with Crippen molar-refractivity contribution < 1.29 is 9.72 Å². The van der Waals surface area contributed by atoms with Crippen LogP contribution in [0.15, 0.2) is 42.5 Å². The zero-order valence-electron chi connectivity index (χ0n) is 12.8. The number of benzene rings is 2. The highest BCUT2D eigenvalue weighted by atomic mass is 16.6. The van der Waals surface area contributed by atoms with Gasteiger partial charge in [0.2, 0.25) is 0 Å². The molecule has 23 heavy (non-hydrogen) atoms. The number of nitro benzene ring substituents is 1. The molecule has 0 bridgehead atoms. The number of carbonyl (C=O) groups is 1. The molecule has 1 aliphatic rings. The molecule has 2 aromatic rings. The van der Waals surface area contributed by atoms with Crippen LogP contribution in [0.1, 0.15) is 21.5 Å². The number of rotatable bonds is 3. The molecular formula is C17H17N3O3. The highest BCUT2D eigenvalue weighted by molar-refractivity contribution is 6.07. The van der Waals surface area contributed by atoms with Crippen molar-refractivity contribution in [2.24, 2.45) is 0 Å². The van der Waals surface area contributed by atoms with Crippen LogP contribution in [0.25, 0.3) is 0 Å². The van der Waals surface area contributed by atoms with Gasteiger partial charge < -0.3 is 10.2 Å². The number of nitrogens with one attached hydrogen (secondary N) is 1. The third-order valence-corrected chi connectivity index (χ3v) is 4.05. The second kappa shape index (κ2) is 6.18. The van der Waals surface area contributed by atoms with Gasteiger partial charge in [0.1, 0.15) is 5.56 Å². The Kier molecular flexibility index (Phi) is 4.08. The lowest BCUT2D eigenvalue weighted by atomic mass is 9.98. The second-order valence-electron chi connectivity index (χ2n) is 5.66. The first kappa shape index (κ1) is 15.2. The average Bonchev–Trinajstić information content (AvgIpc) is 2.54. The first-order valence-electron chi connectivity index (χ1n) is 7.40. The van der Waals surface area contributed by atoms with Crippen molar-refractivity contribution in [3.05, 3.63) is 69.3 Å². The molecule has 0 atom stereocenters. The Morgan fingerprint density at radius 1 is 1.22 bits per heavy atom. The number of anilines is 1. The van der Waals surface area contributed by atoms with E-state index in [0.717, 1.165) is 30.8 Å². The van der Waals surface area contributed by atoms with Crippen LogP contribution in [0.5, 0.6) is 0 Å². The van der Waals surface area contributed by atoms with Crippen molar-refractivity contribution in [1.82, 2.24) is 4.90 Å². The van der Waals surface area contributed by atoms with Crippen molar-refractivity contribution in [2.75, 3.05) is 18.9 Å². The number of para-hydroxylation sites is 1. The number of amides is 1. The fourth-order valence-corrected chi connectivity index (χ4v) is 2.88. The van der Waals surface area contributed by atoms with Crippen LogP contribution in [0.2, 0.25) is 0 Å². The summed E-state index contributed by atoms with van der Waals surface area (Å²) in [5.41, 5.74) is 2.91. The molecule has 0 saturated heterocycles. The van der Waals surface area contributed by atoms with Gasteiger partial charge in [0, 0.05) is 24.8 Å². The predicted molar refractivity (Wildman–Crippen MR) is 87.5 cm³/mol. The maximum atomic E-state index is 12.5. The lowest BCUT2D eigenvalue weighted by molar-refractivity contribution is -0.385. The number of hydrogen-bond donors (Lipinski definition) is 1. The first-order valence-corrected chi connectivity index (χ1v) is 7.40. The molecular weight excluding hydrogens is 294 g/mol. The summed E-state index contributed by atoms with van der Waals surface area (Å²) >= 11 is 0. The van der Waals surface area contributed by atoms with E-state index in [1.807, 2.05) is 18.2 Å². The van der Waals surface area contributed by atoms with Gasteiger partial charge in [-0.2, -0.15) is 0 Å². The van der Waals surface area contributed by atoms with E-state index in [2.05, 4.69) is 17.3 Å². The number of nitro groups is 1. The summed E-state index contributed by atoms with van der Waals surface area (Å²) in [6.45, 7) is 1.76. The van der Waals surface area contributed by atoms with Crippen LogP contribution < -0.4 is 5.32 Å². The van der Waals surface area contributed by atoms with Crippen molar-refractivity contribution >= 4 is 17.3 Å². The molecule has 1 amide bonds. The molecule has 0 unspecified atom stereocenters. The van der Waals surface area contributed by atoms with Crippen LogP contribution in [0.4, 0.5) is 11.4 Å². The van der Waals surface area contributed by atoms with Crippen molar-refractivity contribution in [3.63, 3.8) is 0 Å². The van der Waals surface area contributed by atoms with Gasteiger partial charge in [-0.05, 0) is 36.7 Å². The van der Waals surface area contributed by atoms with E-state index in [9.17, 15) is 14.9 Å². The summed E-state index contributed by atoms with van der Waals surface area (Å²) in [6.07, 6.45) is 0.846. The third-order valence-electron chi connectivity index (χ3n) is 4.05. The normalized spacial score (nSPS) is 14.1. The lowest BCUT2D eigenvalue weighted by Gasteiger charge is -2.26. The minimum Gasteiger partial charge on any atom is -0.322 e. The zero-order valence-corrected chi connectivity index (χ0v) is 12.8. The van der Waals surface area contributed by atoms with E-state index < -0.39 is 10.8 Å². The van der Waals surface area contributed by atoms with E-state index in [1.54, 1.807) is 12.1 Å².